The molecule has 0 radical (unpaired) electrons. The zero-order valence-electron chi connectivity index (χ0n) is 13.1. The molecule has 0 aliphatic carbocycles. The predicted octanol–water partition coefficient (Wildman–Crippen LogP) is 4.09. The molecule has 0 unspecified atom stereocenters. The maximum atomic E-state index is 13.0. The first-order chi connectivity index (χ1) is 10.1. The molecular weight excluding hydrogens is 265 g/mol. The lowest BCUT2D eigenvalue weighted by molar-refractivity contribution is 0.606. The number of nitrogens with zero attached hydrogens (tertiary/aromatic N) is 2. The standard InChI is InChI=1S/C17H24FN3/c1-4-9-19-17-11-16(10-13(2)3)20-21(17)12-14-5-7-15(18)8-6-14/h5-8,11,13,19H,4,9-10,12H2,1-3H3. The van der Waals surface area contributed by atoms with Gasteiger partial charge in [0, 0.05) is 12.6 Å². The minimum Gasteiger partial charge on any atom is -0.370 e. The number of halogens is 1. The van der Waals surface area contributed by atoms with E-state index < -0.39 is 0 Å². The van der Waals surface area contributed by atoms with Crippen LogP contribution in [-0.4, -0.2) is 16.3 Å². The molecule has 1 aromatic carbocycles. The zero-order valence-corrected chi connectivity index (χ0v) is 13.1. The monoisotopic (exact) mass is 289 g/mol. The average molecular weight is 289 g/mol. The summed E-state index contributed by atoms with van der Waals surface area (Å²) in [6, 6.07) is 8.73. The number of hydrogen-bond donors (Lipinski definition) is 1. The molecule has 0 amide bonds. The fourth-order valence-corrected chi connectivity index (χ4v) is 2.27. The molecule has 0 atom stereocenters. The van der Waals surface area contributed by atoms with Gasteiger partial charge in [0.05, 0.1) is 12.2 Å². The van der Waals surface area contributed by atoms with Gasteiger partial charge in [-0.25, -0.2) is 9.07 Å². The van der Waals surface area contributed by atoms with Crippen molar-refractivity contribution in [2.75, 3.05) is 11.9 Å². The number of rotatable bonds is 7. The van der Waals surface area contributed by atoms with Crippen molar-refractivity contribution in [2.24, 2.45) is 5.92 Å². The van der Waals surface area contributed by atoms with Gasteiger partial charge in [-0.1, -0.05) is 32.9 Å². The van der Waals surface area contributed by atoms with Gasteiger partial charge in [0.1, 0.15) is 11.6 Å². The summed E-state index contributed by atoms with van der Waals surface area (Å²) in [5.74, 6) is 1.42. The molecule has 0 fully saturated rings. The quantitative estimate of drug-likeness (QED) is 0.832. The molecule has 4 heteroatoms. The van der Waals surface area contributed by atoms with Crippen molar-refractivity contribution >= 4 is 5.82 Å². The Hall–Kier alpha value is -1.84. The van der Waals surface area contributed by atoms with Crippen LogP contribution in [0.25, 0.3) is 0 Å². The molecule has 0 aliphatic rings. The second kappa shape index (κ2) is 7.25. The largest absolute Gasteiger partial charge is 0.370 e. The lowest BCUT2D eigenvalue weighted by Gasteiger charge is -2.09. The highest BCUT2D eigenvalue weighted by molar-refractivity contribution is 5.38. The van der Waals surface area contributed by atoms with Gasteiger partial charge in [0.15, 0.2) is 0 Å². The van der Waals surface area contributed by atoms with Crippen LogP contribution in [0.2, 0.25) is 0 Å². The third-order valence-corrected chi connectivity index (χ3v) is 3.25. The van der Waals surface area contributed by atoms with Gasteiger partial charge >= 0.3 is 0 Å². The van der Waals surface area contributed by atoms with E-state index in [1.807, 2.05) is 16.8 Å². The van der Waals surface area contributed by atoms with Gasteiger partial charge in [-0.15, -0.1) is 0 Å². The zero-order chi connectivity index (χ0) is 15.2. The van der Waals surface area contributed by atoms with E-state index in [9.17, 15) is 4.39 Å². The summed E-state index contributed by atoms with van der Waals surface area (Å²) in [6.45, 7) is 8.11. The minimum atomic E-state index is -0.205. The van der Waals surface area contributed by atoms with Crippen LogP contribution >= 0.6 is 0 Å². The van der Waals surface area contributed by atoms with Gasteiger partial charge in [-0.05, 0) is 36.5 Å². The molecule has 0 spiro atoms. The maximum absolute atomic E-state index is 13.0. The third kappa shape index (κ3) is 4.59. The molecule has 0 saturated carbocycles. The van der Waals surface area contributed by atoms with E-state index in [1.165, 1.54) is 12.1 Å². The van der Waals surface area contributed by atoms with Crippen LogP contribution in [-0.2, 0) is 13.0 Å². The van der Waals surface area contributed by atoms with Gasteiger partial charge in [0.2, 0.25) is 0 Å². The molecular formula is C17H24FN3. The molecule has 2 aromatic rings. The first-order valence-electron chi connectivity index (χ1n) is 7.63. The van der Waals surface area contributed by atoms with E-state index in [4.69, 9.17) is 0 Å². The number of benzene rings is 1. The Morgan fingerprint density at radius 1 is 1.24 bits per heavy atom. The van der Waals surface area contributed by atoms with E-state index in [0.717, 1.165) is 36.5 Å². The van der Waals surface area contributed by atoms with E-state index >= 15 is 0 Å². The second-order valence-corrected chi connectivity index (χ2v) is 5.83. The number of hydrogen-bond acceptors (Lipinski definition) is 2. The second-order valence-electron chi connectivity index (χ2n) is 5.83. The van der Waals surface area contributed by atoms with Crippen molar-refractivity contribution in [3.8, 4) is 0 Å². The fourth-order valence-electron chi connectivity index (χ4n) is 2.27. The molecule has 2 rings (SSSR count). The van der Waals surface area contributed by atoms with Crippen molar-refractivity contribution in [1.29, 1.82) is 0 Å². The molecule has 0 saturated heterocycles. The third-order valence-electron chi connectivity index (χ3n) is 3.25. The number of anilines is 1. The normalized spacial score (nSPS) is 11.1. The van der Waals surface area contributed by atoms with Gasteiger partial charge in [-0.2, -0.15) is 5.10 Å². The van der Waals surface area contributed by atoms with Crippen LogP contribution in [0.5, 0.6) is 0 Å². The van der Waals surface area contributed by atoms with E-state index in [2.05, 4.69) is 37.3 Å². The molecule has 21 heavy (non-hydrogen) atoms. The summed E-state index contributed by atoms with van der Waals surface area (Å²) in [7, 11) is 0. The highest BCUT2D eigenvalue weighted by atomic mass is 19.1. The average Bonchev–Trinajstić information content (AvgIpc) is 2.80. The molecule has 1 aromatic heterocycles. The van der Waals surface area contributed by atoms with Crippen LogP contribution in [0, 0.1) is 11.7 Å². The predicted molar refractivity (Wildman–Crippen MR) is 85.1 cm³/mol. The highest BCUT2D eigenvalue weighted by Gasteiger charge is 2.09. The van der Waals surface area contributed by atoms with E-state index in [1.54, 1.807) is 0 Å². The Morgan fingerprint density at radius 2 is 1.95 bits per heavy atom. The topological polar surface area (TPSA) is 29.9 Å². The van der Waals surface area contributed by atoms with E-state index in [-0.39, 0.29) is 5.82 Å². The SMILES string of the molecule is CCCNc1cc(CC(C)C)nn1Cc1ccc(F)cc1. The Balaban J connectivity index is 2.18. The summed E-state index contributed by atoms with van der Waals surface area (Å²) in [5.41, 5.74) is 2.15. The van der Waals surface area contributed by atoms with Gasteiger partial charge in [0.25, 0.3) is 0 Å². The molecule has 3 nitrogen and oxygen atoms in total. The molecule has 0 bridgehead atoms. The Labute approximate surface area is 126 Å². The van der Waals surface area contributed by atoms with Crippen LogP contribution < -0.4 is 5.32 Å². The van der Waals surface area contributed by atoms with Crippen molar-refractivity contribution in [3.63, 3.8) is 0 Å². The molecule has 1 heterocycles. The molecule has 114 valence electrons. The molecule has 0 aliphatic heterocycles. The van der Waals surface area contributed by atoms with Crippen LogP contribution in [0.3, 0.4) is 0 Å². The van der Waals surface area contributed by atoms with Crippen molar-refractivity contribution in [1.82, 2.24) is 9.78 Å². The van der Waals surface area contributed by atoms with E-state index in [0.29, 0.717) is 12.5 Å². The summed E-state index contributed by atoms with van der Waals surface area (Å²) in [4.78, 5) is 0. The Morgan fingerprint density at radius 3 is 2.57 bits per heavy atom. The fraction of sp³-hybridized carbons (Fsp3) is 0.471. The van der Waals surface area contributed by atoms with Crippen LogP contribution in [0.15, 0.2) is 30.3 Å². The summed E-state index contributed by atoms with van der Waals surface area (Å²) < 4.78 is 15.0. The Bertz CT molecular complexity index is 558. The first-order valence-corrected chi connectivity index (χ1v) is 7.63. The minimum absolute atomic E-state index is 0.205. The lowest BCUT2D eigenvalue weighted by atomic mass is 10.1. The van der Waals surface area contributed by atoms with Crippen LogP contribution in [0.4, 0.5) is 10.2 Å². The van der Waals surface area contributed by atoms with Gasteiger partial charge < -0.3 is 5.32 Å². The Kier molecular flexibility index (Phi) is 5.37. The number of aromatic nitrogens is 2. The first kappa shape index (κ1) is 15.5. The van der Waals surface area contributed by atoms with Gasteiger partial charge in [-0.3, -0.25) is 0 Å². The smallest absolute Gasteiger partial charge is 0.124 e. The molecule has 1 N–H and O–H groups in total. The van der Waals surface area contributed by atoms with Crippen molar-refractivity contribution in [3.05, 3.63) is 47.4 Å². The lowest BCUT2D eigenvalue weighted by Crippen LogP contribution is -2.09. The number of nitrogens with one attached hydrogen (secondary N) is 1. The van der Waals surface area contributed by atoms with Crippen molar-refractivity contribution < 1.29 is 4.39 Å². The summed E-state index contributed by atoms with van der Waals surface area (Å²) in [6.07, 6.45) is 2.04. The maximum Gasteiger partial charge on any atom is 0.124 e. The van der Waals surface area contributed by atoms with Crippen LogP contribution in [0.1, 0.15) is 38.4 Å². The summed E-state index contributed by atoms with van der Waals surface area (Å²) in [5, 5.41) is 8.10. The summed E-state index contributed by atoms with van der Waals surface area (Å²) >= 11 is 0. The highest BCUT2D eigenvalue weighted by Crippen LogP contribution is 2.16. The van der Waals surface area contributed by atoms with Crippen molar-refractivity contribution in [2.45, 2.75) is 40.2 Å².